The number of hydrogen-bond acceptors (Lipinski definition) is 4. The Kier molecular flexibility index (Phi) is 2.65. The van der Waals surface area contributed by atoms with Crippen LogP contribution in [0.2, 0.25) is 5.28 Å². The molecule has 0 aromatic carbocycles. The SMILES string of the molecule is ClC1=C(c2ncnc(Cl)n2)C=CCN1. The summed E-state index contributed by atoms with van der Waals surface area (Å²) < 4.78 is 0. The van der Waals surface area contributed by atoms with Gasteiger partial charge in [-0.2, -0.15) is 4.98 Å². The summed E-state index contributed by atoms with van der Waals surface area (Å²) in [4.78, 5) is 11.6. The van der Waals surface area contributed by atoms with Gasteiger partial charge in [0.25, 0.3) is 0 Å². The van der Waals surface area contributed by atoms with Gasteiger partial charge in [-0.05, 0) is 11.6 Å². The third kappa shape index (κ3) is 1.86. The van der Waals surface area contributed by atoms with Crippen molar-refractivity contribution in [1.29, 1.82) is 0 Å². The lowest BCUT2D eigenvalue weighted by atomic mass is 10.2. The van der Waals surface area contributed by atoms with E-state index in [-0.39, 0.29) is 5.28 Å². The summed E-state index contributed by atoms with van der Waals surface area (Å²) in [7, 11) is 0. The molecule has 1 aliphatic rings. The van der Waals surface area contributed by atoms with Gasteiger partial charge in [-0.3, -0.25) is 0 Å². The van der Waals surface area contributed by atoms with Crippen LogP contribution in [0.3, 0.4) is 0 Å². The van der Waals surface area contributed by atoms with Crippen LogP contribution in [0, 0.1) is 0 Å². The zero-order valence-corrected chi connectivity index (χ0v) is 8.55. The van der Waals surface area contributed by atoms with E-state index >= 15 is 0 Å². The summed E-state index contributed by atoms with van der Waals surface area (Å²) in [6.45, 7) is 0.709. The number of nitrogens with one attached hydrogen (secondary N) is 1. The molecule has 0 radical (unpaired) electrons. The fraction of sp³-hybridized carbons (Fsp3) is 0.125. The van der Waals surface area contributed by atoms with Crippen LogP contribution in [0.5, 0.6) is 0 Å². The Morgan fingerprint density at radius 3 is 2.86 bits per heavy atom. The molecular formula is C8H6Cl2N4. The second kappa shape index (κ2) is 3.94. The maximum absolute atomic E-state index is 5.94. The first kappa shape index (κ1) is 9.43. The molecule has 0 unspecified atom stereocenters. The molecular weight excluding hydrogens is 223 g/mol. The minimum absolute atomic E-state index is 0.158. The summed E-state index contributed by atoms with van der Waals surface area (Å²) in [5.41, 5.74) is 0.724. The van der Waals surface area contributed by atoms with Crippen LogP contribution in [0.15, 0.2) is 23.6 Å². The maximum Gasteiger partial charge on any atom is 0.225 e. The molecule has 0 spiro atoms. The summed E-state index contributed by atoms with van der Waals surface area (Å²) in [6, 6.07) is 0. The van der Waals surface area contributed by atoms with Crippen LogP contribution >= 0.6 is 23.2 Å². The van der Waals surface area contributed by atoms with Gasteiger partial charge in [0.1, 0.15) is 11.5 Å². The van der Waals surface area contributed by atoms with Crippen molar-refractivity contribution >= 4 is 28.8 Å². The van der Waals surface area contributed by atoms with E-state index in [0.717, 1.165) is 5.57 Å². The van der Waals surface area contributed by atoms with Gasteiger partial charge in [-0.15, -0.1) is 0 Å². The lowest BCUT2D eigenvalue weighted by Crippen LogP contribution is -2.15. The molecule has 72 valence electrons. The fourth-order valence-electron chi connectivity index (χ4n) is 1.07. The van der Waals surface area contributed by atoms with E-state index in [2.05, 4.69) is 20.3 Å². The van der Waals surface area contributed by atoms with E-state index in [9.17, 15) is 0 Å². The highest BCUT2D eigenvalue weighted by molar-refractivity contribution is 6.33. The van der Waals surface area contributed by atoms with E-state index in [0.29, 0.717) is 17.5 Å². The van der Waals surface area contributed by atoms with Gasteiger partial charge in [0.2, 0.25) is 5.28 Å². The van der Waals surface area contributed by atoms with Crippen molar-refractivity contribution in [2.45, 2.75) is 0 Å². The van der Waals surface area contributed by atoms with Crippen molar-refractivity contribution in [3.05, 3.63) is 34.7 Å². The quantitative estimate of drug-likeness (QED) is 0.743. The maximum atomic E-state index is 5.94. The molecule has 14 heavy (non-hydrogen) atoms. The fourth-order valence-corrected chi connectivity index (χ4v) is 1.42. The zero-order chi connectivity index (χ0) is 9.97. The highest BCUT2D eigenvalue weighted by atomic mass is 35.5. The average molecular weight is 229 g/mol. The Bertz CT molecular complexity index is 414. The van der Waals surface area contributed by atoms with E-state index in [1.807, 2.05) is 12.2 Å². The van der Waals surface area contributed by atoms with Crippen molar-refractivity contribution in [1.82, 2.24) is 20.3 Å². The molecule has 0 atom stereocenters. The number of allylic oxidation sites excluding steroid dienone is 2. The van der Waals surface area contributed by atoms with E-state index < -0.39 is 0 Å². The van der Waals surface area contributed by atoms with Crippen molar-refractivity contribution in [2.75, 3.05) is 6.54 Å². The first-order valence-corrected chi connectivity index (χ1v) is 4.68. The largest absolute Gasteiger partial charge is 0.372 e. The van der Waals surface area contributed by atoms with Gasteiger partial charge < -0.3 is 5.32 Å². The first-order chi connectivity index (χ1) is 6.77. The topological polar surface area (TPSA) is 50.7 Å². The van der Waals surface area contributed by atoms with Crippen LogP contribution in [-0.4, -0.2) is 21.5 Å². The molecule has 2 rings (SSSR count). The Balaban J connectivity index is 2.44. The molecule has 1 aromatic rings. The van der Waals surface area contributed by atoms with Crippen molar-refractivity contribution < 1.29 is 0 Å². The van der Waals surface area contributed by atoms with Gasteiger partial charge in [0.05, 0.1) is 5.57 Å². The molecule has 2 heterocycles. The highest BCUT2D eigenvalue weighted by Gasteiger charge is 2.10. The van der Waals surface area contributed by atoms with Gasteiger partial charge in [-0.25, -0.2) is 9.97 Å². The van der Waals surface area contributed by atoms with Gasteiger partial charge in [0.15, 0.2) is 5.82 Å². The highest BCUT2D eigenvalue weighted by Crippen LogP contribution is 2.20. The number of hydrogen-bond donors (Lipinski definition) is 1. The second-order valence-electron chi connectivity index (χ2n) is 2.59. The smallest absolute Gasteiger partial charge is 0.225 e. The third-order valence-corrected chi connectivity index (χ3v) is 2.20. The zero-order valence-electron chi connectivity index (χ0n) is 7.04. The van der Waals surface area contributed by atoms with E-state index in [1.165, 1.54) is 6.33 Å². The van der Waals surface area contributed by atoms with Crippen LogP contribution < -0.4 is 5.32 Å². The number of rotatable bonds is 1. The van der Waals surface area contributed by atoms with Crippen molar-refractivity contribution in [3.8, 4) is 0 Å². The van der Waals surface area contributed by atoms with Crippen LogP contribution in [0.1, 0.15) is 5.82 Å². The van der Waals surface area contributed by atoms with Gasteiger partial charge >= 0.3 is 0 Å². The van der Waals surface area contributed by atoms with Crippen LogP contribution in [0.4, 0.5) is 0 Å². The summed E-state index contributed by atoms with van der Waals surface area (Å²) in [5.74, 6) is 0.471. The van der Waals surface area contributed by atoms with Gasteiger partial charge in [-0.1, -0.05) is 23.8 Å². The van der Waals surface area contributed by atoms with Crippen molar-refractivity contribution in [3.63, 3.8) is 0 Å². The molecule has 0 fully saturated rings. The molecule has 1 aromatic heterocycles. The molecule has 0 saturated carbocycles. The molecule has 0 saturated heterocycles. The van der Waals surface area contributed by atoms with Crippen LogP contribution in [0.25, 0.3) is 5.57 Å². The summed E-state index contributed by atoms with van der Waals surface area (Å²) in [5, 5.41) is 3.65. The molecule has 0 bridgehead atoms. The van der Waals surface area contributed by atoms with E-state index in [4.69, 9.17) is 23.2 Å². The monoisotopic (exact) mass is 228 g/mol. The van der Waals surface area contributed by atoms with E-state index in [1.54, 1.807) is 0 Å². The molecule has 4 nitrogen and oxygen atoms in total. The lowest BCUT2D eigenvalue weighted by Gasteiger charge is -2.10. The Morgan fingerprint density at radius 1 is 1.29 bits per heavy atom. The van der Waals surface area contributed by atoms with Crippen LogP contribution in [-0.2, 0) is 0 Å². The second-order valence-corrected chi connectivity index (χ2v) is 3.31. The number of nitrogens with zero attached hydrogens (tertiary/aromatic N) is 3. The Labute approximate surface area is 90.7 Å². The molecule has 1 N–H and O–H groups in total. The normalized spacial score (nSPS) is 15.6. The summed E-state index contributed by atoms with van der Waals surface area (Å²) in [6.07, 6.45) is 5.13. The molecule has 0 aliphatic carbocycles. The number of halogens is 2. The standard InChI is InChI=1S/C8H6Cl2N4/c9-6-5(2-1-3-11-6)7-12-4-13-8(10)14-7/h1-2,4,11H,3H2. The van der Waals surface area contributed by atoms with Gasteiger partial charge in [0, 0.05) is 6.54 Å². The third-order valence-electron chi connectivity index (χ3n) is 1.68. The Morgan fingerprint density at radius 2 is 2.14 bits per heavy atom. The molecule has 0 amide bonds. The predicted molar refractivity (Wildman–Crippen MR) is 54.8 cm³/mol. The number of aromatic nitrogens is 3. The predicted octanol–water partition coefficient (Wildman–Crippen LogP) is 1.59. The molecule has 6 heteroatoms. The lowest BCUT2D eigenvalue weighted by molar-refractivity contribution is 0.940. The minimum atomic E-state index is 0.158. The number of dihydropyridines is 1. The molecule has 1 aliphatic heterocycles. The summed E-state index contributed by atoms with van der Waals surface area (Å²) >= 11 is 11.6. The van der Waals surface area contributed by atoms with Crippen molar-refractivity contribution in [2.24, 2.45) is 0 Å². The Hall–Kier alpha value is -1.13. The minimum Gasteiger partial charge on any atom is -0.372 e. The first-order valence-electron chi connectivity index (χ1n) is 3.92. The average Bonchev–Trinajstić information content (AvgIpc) is 2.18.